The molecule has 0 aromatic rings. The quantitative estimate of drug-likeness (QED) is 0.483. The molecule has 12 heavy (non-hydrogen) atoms. The third-order valence-electron chi connectivity index (χ3n) is 1.82. The lowest BCUT2D eigenvalue weighted by atomic mass is 9.95. The number of aliphatic imine (C=N–C) groups is 1. The average Bonchev–Trinajstić information content (AvgIpc) is 2.40. The van der Waals surface area contributed by atoms with Gasteiger partial charge in [-0.3, -0.25) is 4.99 Å². The predicted octanol–water partition coefficient (Wildman–Crippen LogP) is 1.61. The van der Waals surface area contributed by atoms with Gasteiger partial charge in [0.2, 0.25) is 0 Å². The highest BCUT2D eigenvalue weighted by atomic mass is 15.1. The molecule has 0 bridgehead atoms. The Hall–Kier alpha value is -1.47. The van der Waals surface area contributed by atoms with Crippen LogP contribution in [0.2, 0.25) is 0 Å². The Morgan fingerprint density at radius 1 is 1.33 bits per heavy atom. The van der Waals surface area contributed by atoms with Crippen LogP contribution in [0.3, 0.4) is 0 Å². The van der Waals surface area contributed by atoms with Crippen LogP contribution in [-0.4, -0.2) is 17.2 Å². The second-order valence-electron chi connectivity index (χ2n) is 3.53. The lowest BCUT2D eigenvalue weighted by molar-refractivity contribution is -0.0678. The van der Waals surface area contributed by atoms with Crippen molar-refractivity contribution < 1.29 is 4.79 Å². The van der Waals surface area contributed by atoms with Crippen molar-refractivity contribution in [3.8, 4) is 0 Å². The van der Waals surface area contributed by atoms with Crippen molar-refractivity contribution in [1.29, 1.82) is 0 Å². The summed E-state index contributed by atoms with van der Waals surface area (Å²) >= 11 is 0. The summed E-state index contributed by atoms with van der Waals surface area (Å²) in [5.74, 6) is 0. The summed E-state index contributed by atoms with van der Waals surface area (Å²) in [7, 11) is 0. The highest BCUT2D eigenvalue weighted by Crippen LogP contribution is 2.22. The molecule has 0 atom stereocenters. The summed E-state index contributed by atoms with van der Waals surface area (Å²) < 4.78 is 0. The summed E-state index contributed by atoms with van der Waals surface area (Å²) in [6.07, 6.45) is 7.64. The summed E-state index contributed by atoms with van der Waals surface area (Å²) in [6.45, 7) is 4.21. The van der Waals surface area contributed by atoms with Crippen LogP contribution in [0.5, 0.6) is 0 Å². The van der Waals surface area contributed by atoms with Gasteiger partial charge in [0, 0.05) is 11.6 Å². The molecule has 2 rings (SSSR count). The van der Waals surface area contributed by atoms with E-state index in [9.17, 15) is 0 Å². The second-order valence-corrected chi connectivity index (χ2v) is 3.53. The summed E-state index contributed by atoms with van der Waals surface area (Å²) in [5.41, 5.74) is 1.74. The van der Waals surface area contributed by atoms with Crippen molar-refractivity contribution in [2.75, 3.05) is 0 Å². The van der Waals surface area contributed by atoms with Gasteiger partial charge in [-0.25, -0.2) is 0 Å². The van der Waals surface area contributed by atoms with Crippen molar-refractivity contribution in [3.63, 3.8) is 0 Å². The van der Waals surface area contributed by atoms with Crippen LogP contribution in [0.4, 0.5) is 0 Å². The molecule has 0 aliphatic carbocycles. The van der Waals surface area contributed by atoms with E-state index in [0.29, 0.717) is 0 Å². The van der Waals surface area contributed by atoms with Gasteiger partial charge in [-0.05, 0) is 6.08 Å². The molecular formula is C9H10N3+. The molecule has 0 spiro atoms. The number of allylic oxidation sites excluding steroid dienone is 3. The number of rotatable bonds is 0. The van der Waals surface area contributed by atoms with E-state index >= 15 is 0 Å². The van der Waals surface area contributed by atoms with Gasteiger partial charge >= 0.3 is 6.21 Å². The number of hydrogen-bond donors (Lipinski definition) is 0. The van der Waals surface area contributed by atoms with E-state index in [1.165, 1.54) is 0 Å². The topological polar surface area (TPSA) is 38.8 Å². The van der Waals surface area contributed by atoms with Crippen LogP contribution >= 0.6 is 0 Å². The molecule has 0 N–H and O–H groups in total. The second kappa shape index (κ2) is 2.26. The van der Waals surface area contributed by atoms with Crippen molar-refractivity contribution in [1.82, 2.24) is 0 Å². The van der Waals surface area contributed by atoms with Crippen molar-refractivity contribution in [2.24, 2.45) is 15.5 Å². The fraction of sp³-hybridized carbons (Fsp3) is 0.333. The first-order chi connectivity index (χ1) is 5.67. The zero-order valence-electron chi connectivity index (χ0n) is 7.15. The van der Waals surface area contributed by atoms with Crippen molar-refractivity contribution in [3.05, 3.63) is 23.5 Å². The van der Waals surface area contributed by atoms with Crippen molar-refractivity contribution >= 4 is 12.4 Å². The van der Waals surface area contributed by atoms with E-state index < -0.39 is 0 Å². The Morgan fingerprint density at radius 2 is 2.17 bits per heavy atom. The maximum absolute atomic E-state index is 4.29. The Morgan fingerprint density at radius 3 is 3.00 bits per heavy atom. The average molecular weight is 160 g/mol. The summed E-state index contributed by atoms with van der Waals surface area (Å²) in [5, 5.41) is 3.93. The van der Waals surface area contributed by atoms with E-state index in [-0.39, 0.29) is 5.41 Å². The lowest BCUT2D eigenvalue weighted by Gasteiger charge is -2.10. The molecule has 2 heterocycles. The number of nitrogens with zero attached hydrogens (tertiary/aromatic N) is 3. The first-order valence-corrected chi connectivity index (χ1v) is 3.90. The molecular weight excluding hydrogens is 150 g/mol. The van der Waals surface area contributed by atoms with Gasteiger partial charge < -0.3 is 0 Å². The molecule has 0 radical (unpaired) electrons. The van der Waals surface area contributed by atoms with Gasteiger partial charge in [-0.1, -0.05) is 19.9 Å². The van der Waals surface area contributed by atoms with Gasteiger partial charge in [0.05, 0.1) is 4.79 Å². The fourth-order valence-corrected chi connectivity index (χ4v) is 1.05. The van der Waals surface area contributed by atoms with Crippen LogP contribution in [0.25, 0.3) is 0 Å². The van der Waals surface area contributed by atoms with Crippen LogP contribution < -0.4 is 0 Å². The van der Waals surface area contributed by atoms with E-state index in [1.807, 2.05) is 12.3 Å². The van der Waals surface area contributed by atoms with Crippen LogP contribution in [0.15, 0.2) is 33.7 Å². The molecule has 2 aliphatic rings. The van der Waals surface area contributed by atoms with Crippen LogP contribution in [-0.2, 0) is 0 Å². The largest absolute Gasteiger partial charge is 0.358 e. The van der Waals surface area contributed by atoms with E-state index in [4.69, 9.17) is 0 Å². The molecule has 0 saturated heterocycles. The maximum Gasteiger partial charge on any atom is 0.358 e. The molecule has 3 nitrogen and oxygen atoms in total. The third kappa shape index (κ3) is 1.15. The number of hydrogen-bond acceptors (Lipinski definition) is 2. The third-order valence-corrected chi connectivity index (χ3v) is 1.82. The minimum Gasteiger partial charge on any atom is -0.250 e. The van der Waals surface area contributed by atoms with Gasteiger partial charge in [0.15, 0.2) is 11.4 Å². The lowest BCUT2D eigenvalue weighted by Crippen LogP contribution is -2.07. The van der Waals surface area contributed by atoms with Gasteiger partial charge in [-0.15, -0.1) is 0 Å². The van der Waals surface area contributed by atoms with E-state index in [0.717, 1.165) is 11.4 Å². The van der Waals surface area contributed by atoms with Gasteiger partial charge in [0.25, 0.3) is 0 Å². The Balaban J connectivity index is 2.42. The molecule has 0 fully saturated rings. The molecule has 3 heteroatoms. The van der Waals surface area contributed by atoms with Crippen LogP contribution in [0, 0.1) is 5.41 Å². The molecule has 0 aromatic carbocycles. The normalized spacial score (nSPS) is 23.2. The molecule has 0 unspecified atom stereocenters. The minimum absolute atomic E-state index is 0.0215. The van der Waals surface area contributed by atoms with Crippen LogP contribution in [0.1, 0.15) is 13.8 Å². The highest BCUT2D eigenvalue weighted by molar-refractivity contribution is 5.82. The maximum atomic E-state index is 4.29. The molecule has 0 aromatic heterocycles. The van der Waals surface area contributed by atoms with Gasteiger partial charge in [0.1, 0.15) is 5.11 Å². The Kier molecular flexibility index (Phi) is 1.35. The Labute approximate surface area is 71.0 Å². The zero-order chi connectivity index (χ0) is 8.60. The first kappa shape index (κ1) is 7.19. The summed E-state index contributed by atoms with van der Waals surface area (Å²) in [4.78, 5) is 8.07. The molecule has 0 amide bonds. The smallest absolute Gasteiger partial charge is 0.250 e. The molecule has 0 saturated carbocycles. The highest BCUT2D eigenvalue weighted by Gasteiger charge is 2.20. The zero-order valence-corrected chi connectivity index (χ0v) is 7.15. The van der Waals surface area contributed by atoms with Gasteiger partial charge in [-0.2, -0.15) is 0 Å². The monoisotopic (exact) mass is 160 g/mol. The predicted molar refractivity (Wildman–Crippen MR) is 47.2 cm³/mol. The van der Waals surface area contributed by atoms with Crippen molar-refractivity contribution in [2.45, 2.75) is 13.8 Å². The standard InChI is InChI=1S/C9H10N3/c1-9(2)4-3-7-8(10-6-9)5-11-12-7/h3-6H,1-2H3/q+1. The Bertz CT molecular complexity index is 333. The SMILES string of the molecule is CC1(C)C=CC2=C(C=[N+]=N2)N=C1. The summed E-state index contributed by atoms with van der Waals surface area (Å²) in [6, 6.07) is 0. The fourth-order valence-electron chi connectivity index (χ4n) is 1.05. The molecule has 60 valence electrons. The molecule has 2 aliphatic heterocycles. The van der Waals surface area contributed by atoms with E-state index in [2.05, 4.69) is 34.8 Å². The first-order valence-electron chi connectivity index (χ1n) is 3.90. The minimum atomic E-state index is 0.0215. The van der Waals surface area contributed by atoms with E-state index in [1.54, 1.807) is 6.21 Å².